The number of carboxylic acid groups (broad SMARTS) is 1. The van der Waals surface area contributed by atoms with E-state index >= 15 is 0 Å². The Labute approximate surface area is 130 Å². The van der Waals surface area contributed by atoms with Crippen LogP contribution < -0.4 is 5.32 Å². The van der Waals surface area contributed by atoms with Gasteiger partial charge in [-0.25, -0.2) is 8.42 Å². The van der Waals surface area contributed by atoms with Crippen molar-refractivity contribution in [3.05, 3.63) is 29.8 Å². The second-order valence-electron chi connectivity index (χ2n) is 5.89. The molecule has 1 aromatic carbocycles. The van der Waals surface area contributed by atoms with Crippen LogP contribution in [0, 0.1) is 5.92 Å². The Morgan fingerprint density at radius 1 is 1.14 bits per heavy atom. The van der Waals surface area contributed by atoms with Gasteiger partial charge < -0.3 is 10.4 Å². The molecule has 0 saturated carbocycles. The van der Waals surface area contributed by atoms with E-state index in [4.69, 9.17) is 0 Å². The molecule has 22 heavy (non-hydrogen) atoms. The minimum absolute atomic E-state index is 0.110. The van der Waals surface area contributed by atoms with Crippen molar-refractivity contribution < 1.29 is 18.3 Å². The molecule has 2 atom stereocenters. The highest BCUT2D eigenvalue weighted by molar-refractivity contribution is 7.89. The summed E-state index contributed by atoms with van der Waals surface area (Å²) < 4.78 is 26.4. The molecule has 1 aromatic rings. The first-order valence-electron chi connectivity index (χ1n) is 7.54. The van der Waals surface area contributed by atoms with Gasteiger partial charge in [-0.05, 0) is 30.5 Å². The maximum atomic E-state index is 12.5. The lowest BCUT2D eigenvalue weighted by Gasteiger charge is -2.18. The van der Waals surface area contributed by atoms with Crippen LogP contribution >= 0.6 is 0 Å². The minimum Gasteiger partial charge on any atom is -0.481 e. The van der Waals surface area contributed by atoms with Crippen LogP contribution in [-0.4, -0.2) is 50.0 Å². The van der Waals surface area contributed by atoms with Crippen LogP contribution in [0.4, 0.5) is 0 Å². The van der Waals surface area contributed by atoms with Crippen LogP contribution in [0.25, 0.3) is 0 Å². The van der Waals surface area contributed by atoms with Crippen molar-refractivity contribution in [2.75, 3.05) is 26.2 Å². The number of carbonyl (C=O) groups is 1. The maximum Gasteiger partial charge on any atom is 0.308 e. The summed E-state index contributed by atoms with van der Waals surface area (Å²) in [7, 11) is -3.41. The summed E-state index contributed by atoms with van der Waals surface area (Å²) in [5.41, 5.74) is 0.873. The lowest BCUT2D eigenvalue weighted by Crippen LogP contribution is -2.27. The average Bonchev–Trinajstić information content (AvgIpc) is 3.19. The topological polar surface area (TPSA) is 86.7 Å². The highest BCUT2D eigenvalue weighted by Gasteiger charge is 2.34. The van der Waals surface area contributed by atoms with Crippen molar-refractivity contribution in [1.82, 2.24) is 9.62 Å². The van der Waals surface area contributed by atoms with Crippen molar-refractivity contribution in [2.45, 2.75) is 23.7 Å². The Balaban J connectivity index is 1.82. The van der Waals surface area contributed by atoms with Crippen LogP contribution in [-0.2, 0) is 14.8 Å². The Morgan fingerprint density at radius 3 is 2.36 bits per heavy atom. The van der Waals surface area contributed by atoms with E-state index in [-0.39, 0.29) is 10.8 Å². The van der Waals surface area contributed by atoms with Crippen molar-refractivity contribution in [1.29, 1.82) is 0 Å². The Hall–Kier alpha value is -1.44. The van der Waals surface area contributed by atoms with Gasteiger partial charge in [0.05, 0.1) is 10.8 Å². The molecule has 120 valence electrons. The first-order chi connectivity index (χ1) is 10.5. The summed E-state index contributed by atoms with van der Waals surface area (Å²) in [5.74, 6) is -1.38. The molecule has 0 spiro atoms. The van der Waals surface area contributed by atoms with Gasteiger partial charge in [0.25, 0.3) is 0 Å². The quantitative estimate of drug-likeness (QED) is 0.858. The van der Waals surface area contributed by atoms with Gasteiger partial charge in [-0.3, -0.25) is 4.79 Å². The number of nitrogens with one attached hydrogen (secondary N) is 1. The molecule has 2 unspecified atom stereocenters. The molecular formula is C15H20N2O4S. The van der Waals surface area contributed by atoms with Crippen molar-refractivity contribution >= 4 is 16.0 Å². The third-order valence-corrected chi connectivity index (χ3v) is 6.46. The van der Waals surface area contributed by atoms with E-state index in [9.17, 15) is 18.3 Å². The molecule has 0 aliphatic carbocycles. The molecule has 2 heterocycles. The highest BCUT2D eigenvalue weighted by Crippen LogP contribution is 2.30. The van der Waals surface area contributed by atoms with E-state index in [2.05, 4.69) is 5.32 Å². The number of sulfonamides is 1. The van der Waals surface area contributed by atoms with Gasteiger partial charge in [0.2, 0.25) is 10.0 Å². The van der Waals surface area contributed by atoms with E-state index < -0.39 is 21.9 Å². The van der Waals surface area contributed by atoms with Gasteiger partial charge >= 0.3 is 5.97 Å². The normalized spacial score (nSPS) is 26.4. The largest absolute Gasteiger partial charge is 0.481 e. The van der Waals surface area contributed by atoms with Gasteiger partial charge in [0.1, 0.15) is 0 Å². The van der Waals surface area contributed by atoms with Crippen molar-refractivity contribution in [2.24, 2.45) is 5.92 Å². The molecule has 2 saturated heterocycles. The van der Waals surface area contributed by atoms with E-state index in [0.717, 1.165) is 18.4 Å². The molecule has 2 aliphatic rings. The Bertz CT molecular complexity index is 651. The van der Waals surface area contributed by atoms with E-state index in [0.29, 0.717) is 26.2 Å². The zero-order chi connectivity index (χ0) is 15.7. The second-order valence-corrected chi connectivity index (χ2v) is 7.83. The van der Waals surface area contributed by atoms with Gasteiger partial charge in [0, 0.05) is 32.1 Å². The zero-order valence-corrected chi connectivity index (χ0v) is 13.1. The molecular weight excluding hydrogens is 304 g/mol. The standard InChI is InChI=1S/C15H20N2O4S/c18-15(19)14-10-16-9-13(14)11-3-5-12(6-4-11)22(20,21)17-7-1-2-8-17/h3-6,13-14,16H,1-2,7-10H2,(H,18,19). The minimum atomic E-state index is -3.41. The molecule has 0 amide bonds. The number of aliphatic carboxylic acids is 1. The van der Waals surface area contributed by atoms with E-state index in [1.54, 1.807) is 24.3 Å². The molecule has 0 aromatic heterocycles. The number of carboxylic acids is 1. The maximum absolute atomic E-state index is 12.5. The first-order valence-corrected chi connectivity index (χ1v) is 8.98. The average molecular weight is 324 g/mol. The van der Waals surface area contributed by atoms with Crippen LogP contribution in [0.15, 0.2) is 29.2 Å². The zero-order valence-electron chi connectivity index (χ0n) is 12.2. The number of benzene rings is 1. The van der Waals surface area contributed by atoms with Gasteiger partial charge in [-0.15, -0.1) is 0 Å². The Morgan fingerprint density at radius 2 is 1.77 bits per heavy atom. The predicted octanol–water partition coefficient (Wildman–Crippen LogP) is 0.859. The smallest absolute Gasteiger partial charge is 0.308 e. The molecule has 7 heteroatoms. The molecule has 0 radical (unpaired) electrons. The van der Waals surface area contributed by atoms with Gasteiger partial charge in [-0.2, -0.15) is 4.31 Å². The van der Waals surface area contributed by atoms with Gasteiger partial charge in [-0.1, -0.05) is 12.1 Å². The molecule has 3 rings (SSSR count). The third-order valence-electron chi connectivity index (χ3n) is 4.54. The summed E-state index contributed by atoms with van der Waals surface area (Å²) in [6.07, 6.45) is 1.82. The summed E-state index contributed by atoms with van der Waals surface area (Å²) >= 11 is 0. The fraction of sp³-hybridized carbons (Fsp3) is 0.533. The molecule has 2 aliphatic heterocycles. The number of nitrogens with zero attached hydrogens (tertiary/aromatic N) is 1. The number of rotatable bonds is 4. The lowest BCUT2D eigenvalue weighted by atomic mass is 9.89. The molecule has 0 bridgehead atoms. The van der Waals surface area contributed by atoms with Gasteiger partial charge in [0.15, 0.2) is 0 Å². The number of hydrogen-bond donors (Lipinski definition) is 2. The van der Waals surface area contributed by atoms with E-state index in [1.807, 2.05) is 0 Å². The Kier molecular flexibility index (Phi) is 4.20. The monoisotopic (exact) mass is 324 g/mol. The molecule has 2 N–H and O–H groups in total. The first kappa shape index (κ1) is 15.5. The predicted molar refractivity (Wildman–Crippen MR) is 81.2 cm³/mol. The summed E-state index contributed by atoms with van der Waals surface area (Å²) in [6, 6.07) is 6.69. The van der Waals surface area contributed by atoms with E-state index in [1.165, 1.54) is 4.31 Å². The molecule has 2 fully saturated rings. The third kappa shape index (κ3) is 2.76. The lowest BCUT2D eigenvalue weighted by molar-refractivity contribution is -0.141. The van der Waals surface area contributed by atoms with Crippen LogP contribution in [0.5, 0.6) is 0 Å². The molecule has 6 nitrogen and oxygen atoms in total. The fourth-order valence-corrected chi connectivity index (χ4v) is 4.77. The van der Waals surface area contributed by atoms with Crippen LogP contribution in [0.1, 0.15) is 24.3 Å². The highest BCUT2D eigenvalue weighted by atomic mass is 32.2. The number of hydrogen-bond acceptors (Lipinski definition) is 4. The fourth-order valence-electron chi connectivity index (χ4n) is 3.25. The summed E-state index contributed by atoms with van der Waals surface area (Å²) in [4.78, 5) is 11.5. The van der Waals surface area contributed by atoms with Crippen molar-refractivity contribution in [3.8, 4) is 0 Å². The van der Waals surface area contributed by atoms with Crippen LogP contribution in [0.3, 0.4) is 0 Å². The van der Waals surface area contributed by atoms with Crippen molar-refractivity contribution in [3.63, 3.8) is 0 Å². The SMILES string of the molecule is O=C(O)C1CNCC1c1ccc(S(=O)(=O)N2CCCC2)cc1. The summed E-state index contributed by atoms with van der Waals surface area (Å²) in [5, 5.41) is 12.3. The summed E-state index contributed by atoms with van der Waals surface area (Å²) in [6.45, 7) is 2.22. The second kappa shape index (κ2) is 5.98. The van der Waals surface area contributed by atoms with Crippen LogP contribution in [0.2, 0.25) is 0 Å².